The molecular formula is C35H30O. The van der Waals surface area contributed by atoms with Gasteiger partial charge in [-0.05, 0) is 69.2 Å². The molecule has 0 heterocycles. The SMILES string of the molecule is O=C1C[C@H]2C/C(c3ccccc3)=C(c3ccccc3)\C(c3ccccc3)=C(\c3ccccc3)C[C@@H]2C1. The Bertz CT molecular complexity index is 1300. The lowest BCUT2D eigenvalue weighted by Gasteiger charge is -2.31. The Morgan fingerprint density at radius 3 is 1.03 bits per heavy atom. The van der Waals surface area contributed by atoms with Gasteiger partial charge in [-0.15, -0.1) is 0 Å². The average molecular weight is 467 g/mol. The van der Waals surface area contributed by atoms with E-state index in [1.54, 1.807) is 0 Å². The van der Waals surface area contributed by atoms with Crippen LogP contribution in [0.15, 0.2) is 121 Å². The highest BCUT2D eigenvalue weighted by Crippen LogP contribution is 2.51. The van der Waals surface area contributed by atoms with Crippen molar-refractivity contribution in [1.82, 2.24) is 0 Å². The van der Waals surface area contributed by atoms with E-state index in [1.165, 1.54) is 44.5 Å². The molecule has 176 valence electrons. The monoisotopic (exact) mass is 466 g/mol. The molecule has 2 aliphatic carbocycles. The number of ketones is 1. The van der Waals surface area contributed by atoms with Gasteiger partial charge < -0.3 is 0 Å². The van der Waals surface area contributed by atoms with Crippen molar-refractivity contribution in [2.75, 3.05) is 0 Å². The lowest BCUT2D eigenvalue weighted by Crippen LogP contribution is -2.14. The van der Waals surface area contributed by atoms with E-state index in [2.05, 4.69) is 121 Å². The number of allylic oxidation sites excluding steroid dienone is 4. The Labute approximate surface area is 213 Å². The molecule has 0 saturated heterocycles. The maximum absolute atomic E-state index is 12.8. The summed E-state index contributed by atoms with van der Waals surface area (Å²) < 4.78 is 0. The predicted octanol–water partition coefficient (Wildman–Crippen LogP) is 8.60. The molecule has 1 nitrogen and oxygen atoms in total. The second-order valence-corrected chi connectivity index (χ2v) is 10.0. The van der Waals surface area contributed by atoms with Crippen LogP contribution in [-0.4, -0.2) is 5.78 Å². The van der Waals surface area contributed by atoms with Gasteiger partial charge in [-0.3, -0.25) is 4.79 Å². The standard InChI is InChI=1S/C35H30O/c36-31-21-29-23-32(25-13-5-1-6-14-25)34(27-17-9-3-10-18-27)35(28-19-11-4-12-20-28)33(24-30(29)22-31)26-15-7-2-8-16-26/h1-20,29-30H,21-24H2/b34-32+,35-33+/t29-,30-/m0/s1. The Kier molecular flexibility index (Phi) is 6.22. The second-order valence-electron chi connectivity index (χ2n) is 10.0. The summed E-state index contributed by atoms with van der Waals surface area (Å²) in [6.45, 7) is 0. The number of Topliss-reactive ketones (excluding diaryl/α,β-unsaturated/α-hetero) is 1. The summed E-state index contributed by atoms with van der Waals surface area (Å²) in [7, 11) is 0. The first-order valence-corrected chi connectivity index (χ1v) is 13.0. The van der Waals surface area contributed by atoms with Crippen LogP contribution in [0.25, 0.3) is 22.3 Å². The first-order valence-electron chi connectivity index (χ1n) is 13.0. The Morgan fingerprint density at radius 2 is 0.694 bits per heavy atom. The van der Waals surface area contributed by atoms with Gasteiger partial charge in [-0.2, -0.15) is 0 Å². The van der Waals surface area contributed by atoms with Crippen molar-refractivity contribution in [3.63, 3.8) is 0 Å². The normalized spacial score (nSPS) is 24.2. The third-order valence-electron chi connectivity index (χ3n) is 7.80. The van der Waals surface area contributed by atoms with Crippen LogP contribution < -0.4 is 0 Å². The maximum Gasteiger partial charge on any atom is 0.133 e. The Balaban J connectivity index is 1.74. The largest absolute Gasteiger partial charge is 0.300 e. The van der Waals surface area contributed by atoms with Crippen molar-refractivity contribution in [3.8, 4) is 0 Å². The van der Waals surface area contributed by atoms with Crippen molar-refractivity contribution in [2.24, 2.45) is 11.8 Å². The van der Waals surface area contributed by atoms with Gasteiger partial charge in [-0.25, -0.2) is 0 Å². The minimum atomic E-state index is 0.363. The minimum absolute atomic E-state index is 0.363. The Hall–Kier alpha value is -3.97. The molecule has 0 spiro atoms. The zero-order valence-corrected chi connectivity index (χ0v) is 20.4. The zero-order valence-electron chi connectivity index (χ0n) is 20.4. The molecule has 0 aromatic heterocycles. The fraction of sp³-hybridized carbons (Fsp3) is 0.171. The number of rotatable bonds is 4. The molecule has 36 heavy (non-hydrogen) atoms. The molecule has 0 bridgehead atoms. The van der Waals surface area contributed by atoms with Crippen LogP contribution in [0.5, 0.6) is 0 Å². The molecule has 2 atom stereocenters. The molecule has 0 radical (unpaired) electrons. The Morgan fingerprint density at radius 1 is 0.389 bits per heavy atom. The summed E-state index contributed by atoms with van der Waals surface area (Å²) in [6.07, 6.45) is 3.21. The quantitative estimate of drug-likeness (QED) is 0.294. The van der Waals surface area contributed by atoms with Gasteiger partial charge in [0.2, 0.25) is 0 Å². The molecular weight excluding hydrogens is 436 g/mol. The van der Waals surface area contributed by atoms with Crippen LogP contribution in [0, 0.1) is 11.8 Å². The van der Waals surface area contributed by atoms with Gasteiger partial charge in [0.05, 0.1) is 0 Å². The number of benzene rings is 4. The van der Waals surface area contributed by atoms with E-state index in [1.807, 2.05) is 0 Å². The van der Waals surface area contributed by atoms with Gasteiger partial charge in [-0.1, -0.05) is 121 Å². The zero-order chi connectivity index (χ0) is 24.3. The van der Waals surface area contributed by atoms with E-state index in [-0.39, 0.29) is 0 Å². The summed E-state index contributed by atoms with van der Waals surface area (Å²) in [5, 5.41) is 0. The van der Waals surface area contributed by atoms with Crippen LogP contribution in [0.2, 0.25) is 0 Å². The second kappa shape index (κ2) is 9.95. The van der Waals surface area contributed by atoms with E-state index < -0.39 is 0 Å². The maximum atomic E-state index is 12.8. The van der Waals surface area contributed by atoms with Gasteiger partial charge in [0, 0.05) is 12.8 Å². The molecule has 1 fully saturated rings. The highest BCUT2D eigenvalue weighted by molar-refractivity contribution is 6.21. The van der Waals surface area contributed by atoms with Crippen molar-refractivity contribution in [3.05, 3.63) is 144 Å². The fourth-order valence-electron chi connectivity index (χ4n) is 6.16. The molecule has 0 aliphatic heterocycles. The number of carbonyl (C=O) groups excluding carboxylic acids is 1. The number of hydrogen-bond acceptors (Lipinski definition) is 1. The number of carbonyl (C=O) groups is 1. The first-order chi connectivity index (χ1) is 17.8. The first kappa shape index (κ1) is 22.5. The van der Waals surface area contributed by atoms with Crippen molar-refractivity contribution < 1.29 is 4.79 Å². The summed E-state index contributed by atoms with van der Waals surface area (Å²) >= 11 is 0. The number of hydrogen-bond donors (Lipinski definition) is 0. The third-order valence-corrected chi connectivity index (χ3v) is 7.80. The van der Waals surface area contributed by atoms with Gasteiger partial charge in [0.15, 0.2) is 0 Å². The average Bonchev–Trinajstić information content (AvgIpc) is 3.28. The molecule has 1 saturated carbocycles. The van der Waals surface area contributed by atoms with Gasteiger partial charge >= 0.3 is 0 Å². The van der Waals surface area contributed by atoms with Crippen LogP contribution in [0.3, 0.4) is 0 Å². The molecule has 4 aromatic carbocycles. The van der Waals surface area contributed by atoms with E-state index in [4.69, 9.17) is 0 Å². The van der Waals surface area contributed by atoms with Crippen LogP contribution in [-0.2, 0) is 4.79 Å². The van der Waals surface area contributed by atoms with Crippen molar-refractivity contribution >= 4 is 28.1 Å². The van der Waals surface area contributed by atoms with Crippen LogP contribution in [0.4, 0.5) is 0 Å². The van der Waals surface area contributed by atoms with Crippen molar-refractivity contribution in [1.29, 1.82) is 0 Å². The van der Waals surface area contributed by atoms with E-state index >= 15 is 0 Å². The van der Waals surface area contributed by atoms with E-state index in [0.29, 0.717) is 30.5 Å². The summed E-state index contributed by atoms with van der Waals surface area (Å²) in [4.78, 5) is 12.8. The van der Waals surface area contributed by atoms with E-state index in [9.17, 15) is 4.79 Å². The lowest BCUT2D eigenvalue weighted by molar-refractivity contribution is -0.117. The molecule has 2 aliphatic rings. The van der Waals surface area contributed by atoms with Crippen LogP contribution in [0.1, 0.15) is 47.9 Å². The highest BCUT2D eigenvalue weighted by Gasteiger charge is 2.37. The topological polar surface area (TPSA) is 17.1 Å². The number of fused-ring (bicyclic) bond motifs is 1. The minimum Gasteiger partial charge on any atom is -0.300 e. The van der Waals surface area contributed by atoms with Crippen molar-refractivity contribution in [2.45, 2.75) is 25.7 Å². The van der Waals surface area contributed by atoms with E-state index in [0.717, 1.165) is 12.8 Å². The summed E-state index contributed by atoms with van der Waals surface area (Å²) in [5.74, 6) is 1.14. The van der Waals surface area contributed by atoms with Gasteiger partial charge in [0.25, 0.3) is 0 Å². The van der Waals surface area contributed by atoms with Crippen LogP contribution >= 0.6 is 0 Å². The molecule has 0 unspecified atom stereocenters. The highest BCUT2D eigenvalue weighted by atomic mass is 16.1. The molecule has 6 rings (SSSR count). The molecule has 4 aromatic rings. The molecule has 0 N–H and O–H groups in total. The molecule has 0 amide bonds. The summed E-state index contributed by atoms with van der Waals surface area (Å²) in [6, 6.07) is 43.3. The summed E-state index contributed by atoms with van der Waals surface area (Å²) in [5.41, 5.74) is 10.2. The smallest absolute Gasteiger partial charge is 0.133 e. The third kappa shape index (κ3) is 4.38. The molecule has 1 heteroatoms. The predicted molar refractivity (Wildman–Crippen MR) is 150 cm³/mol. The fourth-order valence-corrected chi connectivity index (χ4v) is 6.16. The van der Waals surface area contributed by atoms with Gasteiger partial charge in [0.1, 0.15) is 5.78 Å². The lowest BCUT2D eigenvalue weighted by atomic mass is 9.72.